The molecule has 0 atom stereocenters. The molecular weight excluding hydrogens is 338 g/mol. The maximum Gasteiger partial charge on any atom is 0.279 e. The van der Waals surface area contributed by atoms with Crippen molar-refractivity contribution in [2.75, 3.05) is 26.2 Å². The molecule has 1 amide bonds. The molecular formula is C15H22ClN3O3S. The Hall–Kier alpha value is -1.15. The van der Waals surface area contributed by atoms with Crippen molar-refractivity contribution in [2.45, 2.75) is 19.8 Å². The highest BCUT2D eigenvalue weighted by Crippen LogP contribution is 2.17. The molecule has 0 bridgehead atoms. The third kappa shape index (κ3) is 5.46. The number of carbonyl (C=O) groups excluding carboxylic acids is 1. The molecule has 0 aliphatic carbocycles. The van der Waals surface area contributed by atoms with E-state index in [0.29, 0.717) is 29.6 Å². The average molecular weight is 360 g/mol. The van der Waals surface area contributed by atoms with Gasteiger partial charge in [0.15, 0.2) is 0 Å². The van der Waals surface area contributed by atoms with Gasteiger partial charge in [0, 0.05) is 36.8 Å². The molecule has 0 radical (unpaired) electrons. The van der Waals surface area contributed by atoms with E-state index in [9.17, 15) is 13.2 Å². The summed E-state index contributed by atoms with van der Waals surface area (Å²) in [5.74, 6) is 0.313. The number of hydrogen-bond donors (Lipinski definition) is 2. The lowest BCUT2D eigenvalue weighted by atomic mass is 10.0. The lowest BCUT2D eigenvalue weighted by molar-refractivity contribution is 0.0954. The second-order valence-corrected chi connectivity index (χ2v) is 7.94. The molecule has 6 nitrogen and oxygen atoms in total. The third-order valence-electron chi connectivity index (χ3n) is 3.88. The van der Waals surface area contributed by atoms with Crippen LogP contribution in [0.3, 0.4) is 0 Å². The normalized spacial score (nSPS) is 17.1. The topological polar surface area (TPSA) is 78.5 Å². The molecule has 1 saturated heterocycles. The first-order chi connectivity index (χ1) is 10.9. The van der Waals surface area contributed by atoms with E-state index in [1.807, 2.05) is 0 Å². The lowest BCUT2D eigenvalue weighted by Crippen LogP contribution is -2.46. The summed E-state index contributed by atoms with van der Waals surface area (Å²) in [6, 6.07) is 6.51. The highest BCUT2D eigenvalue weighted by atomic mass is 35.5. The van der Waals surface area contributed by atoms with Gasteiger partial charge in [-0.15, -0.1) is 0 Å². The molecule has 1 aliphatic rings. The first kappa shape index (κ1) is 18.2. The van der Waals surface area contributed by atoms with Crippen LogP contribution < -0.4 is 10.0 Å². The molecule has 8 heteroatoms. The number of halogens is 1. The third-order valence-corrected chi connectivity index (χ3v) is 5.75. The van der Waals surface area contributed by atoms with E-state index >= 15 is 0 Å². The summed E-state index contributed by atoms with van der Waals surface area (Å²) in [5.41, 5.74) is 0.488. The van der Waals surface area contributed by atoms with Gasteiger partial charge in [-0.3, -0.25) is 4.79 Å². The Bertz CT molecular complexity index is 626. The van der Waals surface area contributed by atoms with Gasteiger partial charge in [-0.25, -0.2) is 4.72 Å². The molecule has 0 spiro atoms. The summed E-state index contributed by atoms with van der Waals surface area (Å²) >= 11 is 5.76. The number of nitrogens with zero attached hydrogens (tertiary/aromatic N) is 1. The first-order valence-corrected chi connectivity index (χ1v) is 9.49. The minimum Gasteiger partial charge on any atom is -0.351 e. The van der Waals surface area contributed by atoms with E-state index in [0.717, 1.165) is 12.8 Å². The van der Waals surface area contributed by atoms with Crippen LogP contribution in [0.1, 0.15) is 30.1 Å². The van der Waals surface area contributed by atoms with Crippen molar-refractivity contribution in [3.63, 3.8) is 0 Å². The molecule has 23 heavy (non-hydrogen) atoms. The van der Waals surface area contributed by atoms with Crippen molar-refractivity contribution >= 4 is 27.7 Å². The minimum atomic E-state index is -3.46. The van der Waals surface area contributed by atoms with Crippen LogP contribution in [0.25, 0.3) is 0 Å². The molecule has 2 rings (SSSR count). The average Bonchev–Trinajstić information content (AvgIpc) is 2.52. The minimum absolute atomic E-state index is 0.160. The summed E-state index contributed by atoms with van der Waals surface area (Å²) in [7, 11) is -3.46. The predicted molar refractivity (Wildman–Crippen MR) is 90.7 cm³/mol. The van der Waals surface area contributed by atoms with Crippen molar-refractivity contribution in [3.8, 4) is 0 Å². The van der Waals surface area contributed by atoms with Crippen LogP contribution in [0, 0.1) is 5.92 Å². The molecule has 2 N–H and O–H groups in total. The molecule has 1 aromatic carbocycles. The summed E-state index contributed by atoms with van der Waals surface area (Å²) in [4.78, 5) is 11.9. The second kappa shape index (κ2) is 8.10. The van der Waals surface area contributed by atoms with Gasteiger partial charge in [0.25, 0.3) is 16.1 Å². The molecule has 0 aromatic heterocycles. The van der Waals surface area contributed by atoms with Crippen LogP contribution in [0.2, 0.25) is 5.02 Å². The maximum atomic E-state index is 12.1. The zero-order valence-corrected chi connectivity index (χ0v) is 14.7. The summed E-state index contributed by atoms with van der Waals surface area (Å²) < 4.78 is 28.3. The van der Waals surface area contributed by atoms with E-state index in [4.69, 9.17) is 11.6 Å². The standard InChI is InChI=1S/C15H22ClN3O3S/c1-12-6-10-19(11-7-12)23(21,22)18-9-8-17-15(20)13-2-4-14(16)5-3-13/h2-5,12,18H,6-11H2,1H3,(H,17,20). The van der Waals surface area contributed by atoms with Crippen molar-refractivity contribution in [2.24, 2.45) is 5.92 Å². The van der Waals surface area contributed by atoms with Gasteiger partial charge < -0.3 is 5.32 Å². The van der Waals surface area contributed by atoms with Gasteiger partial charge in [-0.05, 0) is 43.0 Å². The van der Waals surface area contributed by atoms with E-state index in [-0.39, 0.29) is 19.0 Å². The zero-order valence-electron chi connectivity index (χ0n) is 13.1. The number of carbonyl (C=O) groups is 1. The summed E-state index contributed by atoms with van der Waals surface area (Å²) in [6.07, 6.45) is 1.77. The summed E-state index contributed by atoms with van der Waals surface area (Å²) in [5, 5.41) is 3.23. The smallest absolute Gasteiger partial charge is 0.279 e. The molecule has 0 unspecified atom stereocenters. The van der Waals surface area contributed by atoms with E-state index in [1.54, 1.807) is 24.3 Å². The monoisotopic (exact) mass is 359 g/mol. The quantitative estimate of drug-likeness (QED) is 0.758. The molecule has 1 aromatic rings. The fourth-order valence-electron chi connectivity index (χ4n) is 2.38. The Morgan fingerprint density at radius 1 is 1.22 bits per heavy atom. The van der Waals surface area contributed by atoms with Crippen LogP contribution >= 0.6 is 11.6 Å². The highest BCUT2D eigenvalue weighted by molar-refractivity contribution is 7.87. The van der Waals surface area contributed by atoms with Gasteiger partial charge in [-0.1, -0.05) is 18.5 Å². The predicted octanol–water partition coefficient (Wildman–Crippen LogP) is 1.64. The largest absolute Gasteiger partial charge is 0.351 e. The number of nitrogens with one attached hydrogen (secondary N) is 2. The van der Waals surface area contributed by atoms with Crippen molar-refractivity contribution < 1.29 is 13.2 Å². The van der Waals surface area contributed by atoms with Gasteiger partial charge in [0.05, 0.1) is 0 Å². The van der Waals surface area contributed by atoms with Crippen molar-refractivity contribution in [3.05, 3.63) is 34.9 Å². The second-order valence-electron chi connectivity index (χ2n) is 5.74. The number of piperidine rings is 1. The Morgan fingerprint density at radius 2 is 1.83 bits per heavy atom. The summed E-state index contributed by atoms with van der Waals surface area (Å²) in [6.45, 7) is 3.61. The molecule has 1 fully saturated rings. The fourth-order valence-corrected chi connectivity index (χ4v) is 3.74. The van der Waals surface area contributed by atoms with Gasteiger partial charge >= 0.3 is 0 Å². The lowest BCUT2D eigenvalue weighted by Gasteiger charge is -2.29. The first-order valence-electron chi connectivity index (χ1n) is 7.67. The molecule has 128 valence electrons. The van der Waals surface area contributed by atoms with Crippen molar-refractivity contribution in [1.29, 1.82) is 0 Å². The Labute approximate surface area is 142 Å². The number of amides is 1. The van der Waals surface area contributed by atoms with E-state index in [2.05, 4.69) is 17.0 Å². The Balaban J connectivity index is 1.74. The van der Waals surface area contributed by atoms with Crippen molar-refractivity contribution in [1.82, 2.24) is 14.3 Å². The van der Waals surface area contributed by atoms with Gasteiger partial charge in [0.1, 0.15) is 0 Å². The zero-order chi connectivity index (χ0) is 16.9. The molecule has 1 aliphatic heterocycles. The SMILES string of the molecule is CC1CCN(S(=O)(=O)NCCNC(=O)c2ccc(Cl)cc2)CC1. The maximum absolute atomic E-state index is 12.1. The van der Waals surface area contributed by atoms with Crippen LogP contribution in [0.15, 0.2) is 24.3 Å². The molecule has 0 saturated carbocycles. The Morgan fingerprint density at radius 3 is 2.43 bits per heavy atom. The fraction of sp³-hybridized carbons (Fsp3) is 0.533. The van der Waals surface area contributed by atoms with E-state index in [1.165, 1.54) is 4.31 Å². The van der Waals surface area contributed by atoms with Crippen LogP contribution in [-0.4, -0.2) is 44.8 Å². The molecule has 1 heterocycles. The van der Waals surface area contributed by atoms with Crippen LogP contribution in [-0.2, 0) is 10.2 Å². The Kier molecular flexibility index (Phi) is 6.41. The van der Waals surface area contributed by atoms with Crippen LogP contribution in [0.4, 0.5) is 0 Å². The number of rotatable bonds is 6. The van der Waals surface area contributed by atoms with E-state index < -0.39 is 10.2 Å². The highest BCUT2D eigenvalue weighted by Gasteiger charge is 2.25. The van der Waals surface area contributed by atoms with Crippen LogP contribution in [0.5, 0.6) is 0 Å². The van der Waals surface area contributed by atoms with Gasteiger partial charge in [-0.2, -0.15) is 12.7 Å². The van der Waals surface area contributed by atoms with Gasteiger partial charge in [0.2, 0.25) is 0 Å². The number of benzene rings is 1. The number of hydrogen-bond acceptors (Lipinski definition) is 3.